The summed E-state index contributed by atoms with van der Waals surface area (Å²) in [6.07, 6.45) is 6.92. The van der Waals surface area contributed by atoms with E-state index in [0.717, 1.165) is 38.6 Å². The minimum Gasteiger partial charge on any atom is -0.481 e. The monoisotopic (exact) mass is 317 g/mol. The largest absolute Gasteiger partial charge is 0.481 e. The molecule has 21 heavy (non-hydrogen) atoms. The smallest absolute Gasteiger partial charge is 0.310 e. The molecule has 1 aliphatic carbocycles. The molecule has 0 aromatic rings. The van der Waals surface area contributed by atoms with Crippen molar-refractivity contribution in [1.82, 2.24) is 4.90 Å². The van der Waals surface area contributed by atoms with E-state index in [1.807, 2.05) is 6.92 Å². The van der Waals surface area contributed by atoms with Crippen molar-refractivity contribution < 1.29 is 18.3 Å². The van der Waals surface area contributed by atoms with Crippen LogP contribution in [0.5, 0.6) is 0 Å². The number of hydrogen-bond donors (Lipinski definition) is 1. The number of aliphatic carboxylic acids is 1. The molecule has 1 N–H and O–H groups in total. The van der Waals surface area contributed by atoms with Gasteiger partial charge in [0.2, 0.25) is 0 Å². The van der Waals surface area contributed by atoms with Gasteiger partial charge in [-0.1, -0.05) is 13.3 Å². The molecule has 1 saturated carbocycles. The average molecular weight is 317 g/mol. The van der Waals surface area contributed by atoms with E-state index in [1.54, 1.807) is 0 Å². The molecule has 122 valence electrons. The molecule has 2 fully saturated rings. The lowest BCUT2D eigenvalue weighted by Crippen LogP contribution is -2.52. The zero-order valence-electron chi connectivity index (χ0n) is 13.0. The van der Waals surface area contributed by atoms with Crippen LogP contribution in [-0.2, 0) is 14.6 Å². The Hall–Kier alpha value is -0.620. The summed E-state index contributed by atoms with van der Waals surface area (Å²) in [5.41, 5.74) is -0.643. The second kappa shape index (κ2) is 6.24. The molecule has 6 heteroatoms. The maximum absolute atomic E-state index is 11.8. The standard InChI is InChI=1S/C15H27NO4S/c1-3-15(14(17)18)8-5-9-16(11-15)12-6-4-7-13(10-12)21(2,19)20/h12-13H,3-11H2,1-2H3,(H,17,18). The van der Waals surface area contributed by atoms with E-state index >= 15 is 0 Å². The Morgan fingerprint density at radius 2 is 2.05 bits per heavy atom. The minimum atomic E-state index is -2.99. The van der Waals surface area contributed by atoms with Gasteiger partial charge in [-0.05, 0) is 45.1 Å². The maximum atomic E-state index is 11.8. The average Bonchev–Trinajstić information content (AvgIpc) is 2.46. The van der Waals surface area contributed by atoms with Crippen LogP contribution in [0.2, 0.25) is 0 Å². The molecule has 0 bridgehead atoms. The van der Waals surface area contributed by atoms with Crippen LogP contribution >= 0.6 is 0 Å². The van der Waals surface area contributed by atoms with Gasteiger partial charge in [0.05, 0.1) is 10.7 Å². The van der Waals surface area contributed by atoms with Crippen LogP contribution < -0.4 is 0 Å². The number of likely N-dealkylation sites (tertiary alicyclic amines) is 1. The summed E-state index contributed by atoms with van der Waals surface area (Å²) in [7, 11) is -2.99. The van der Waals surface area contributed by atoms with Gasteiger partial charge in [-0.25, -0.2) is 8.42 Å². The van der Waals surface area contributed by atoms with E-state index < -0.39 is 21.2 Å². The van der Waals surface area contributed by atoms with Gasteiger partial charge in [-0.3, -0.25) is 9.69 Å². The molecule has 0 aromatic heterocycles. The van der Waals surface area contributed by atoms with Crippen LogP contribution in [-0.4, -0.2) is 55.0 Å². The van der Waals surface area contributed by atoms with Crippen molar-refractivity contribution in [2.75, 3.05) is 19.3 Å². The number of hydrogen-bond acceptors (Lipinski definition) is 4. The lowest BCUT2D eigenvalue weighted by molar-refractivity contribution is -0.153. The highest BCUT2D eigenvalue weighted by Gasteiger charge is 2.43. The fourth-order valence-corrected chi connectivity index (χ4v) is 5.10. The highest BCUT2D eigenvalue weighted by atomic mass is 32.2. The molecular weight excluding hydrogens is 290 g/mol. The molecule has 2 rings (SSSR count). The van der Waals surface area contributed by atoms with Crippen molar-refractivity contribution in [2.45, 2.75) is 63.2 Å². The molecule has 2 aliphatic rings. The number of carboxylic acids is 1. The van der Waals surface area contributed by atoms with Crippen LogP contribution in [0.4, 0.5) is 0 Å². The predicted molar refractivity (Wildman–Crippen MR) is 82.1 cm³/mol. The van der Waals surface area contributed by atoms with Gasteiger partial charge in [0.25, 0.3) is 0 Å². The fourth-order valence-electron chi connectivity index (χ4n) is 3.93. The summed E-state index contributed by atoms with van der Waals surface area (Å²) >= 11 is 0. The molecule has 5 nitrogen and oxygen atoms in total. The molecular formula is C15H27NO4S. The van der Waals surface area contributed by atoms with E-state index in [-0.39, 0.29) is 11.3 Å². The summed E-state index contributed by atoms with van der Waals surface area (Å²) in [5, 5.41) is 9.31. The van der Waals surface area contributed by atoms with Gasteiger partial charge >= 0.3 is 5.97 Å². The van der Waals surface area contributed by atoms with Crippen molar-refractivity contribution in [2.24, 2.45) is 5.41 Å². The van der Waals surface area contributed by atoms with Crippen LogP contribution in [0.15, 0.2) is 0 Å². The lowest BCUT2D eigenvalue weighted by atomic mass is 9.76. The highest BCUT2D eigenvalue weighted by Crippen LogP contribution is 2.37. The number of piperidine rings is 1. The summed E-state index contributed by atoms with van der Waals surface area (Å²) < 4.78 is 23.6. The summed E-state index contributed by atoms with van der Waals surface area (Å²) in [6.45, 7) is 3.41. The second-order valence-electron chi connectivity index (χ2n) is 6.79. The van der Waals surface area contributed by atoms with Gasteiger partial charge in [-0.15, -0.1) is 0 Å². The minimum absolute atomic E-state index is 0.226. The van der Waals surface area contributed by atoms with Crippen molar-refractivity contribution in [3.05, 3.63) is 0 Å². The van der Waals surface area contributed by atoms with E-state index in [9.17, 15) is 18.3 Å². The Morgan fingerprint density at radius 1 is 1.33 bits per heavy atom. The quantitative estimate of drug-likeness (QED) is 0.857. The molecule has 0 radical (unpaired) electrons. The van der Waals surface area contributed by atoms with Gasteiger partial charge in [0.1, 0.15) is 9.84 Å². The van der Waals surface area contributed by atoms with Crippen molar-refractivity contribution in [3.63, 3.8) is 0 Å². The molecule has 0 amide bonds. The summed E-state index contributed by atoms with van der Waals surface area (Å²) in [6, 6.07) is 0.226. The fraction of sp³-hybridized carbons (Fsp3) is 0.933. The third-order valence-electron chi connectivity index (χ3n) is 5.46. The third kappa shape index (κ3) is 3.59. The number of sulfone groups is 1. The molecule has 1 aliphatic heterocycles. The zero-order valence-corrected chi connectivity index (χ0v) is 13.9. The topological polar surface area (TPSA) is 74.7 Å². The number of rotatable bonds is 4. The summed E-state index contributed by atoms with van der Waals surface area (Å²) in [4.78, 5) is 13.9. The van der Waals surface area contributed by atoms with Crippen LogP contribution in [0.1, 0.15) is 51.9 Å². The Balaban J connectivity index is 2.09. The molecule has 0 spiro atoms. The van der Waals surface area contributed by atoms with E-state index in [2.05, 4.69) is 4.90 Å². The highest BCUT2D eigenvalue weighted by molar-refractivity contribution is 7.91. The first-order chi connectivity index (χ1) is 9.78. The van der Waals surface area contributed by atoms with Crippen LogP contribution in [0, 0.1) is 5.41 Å². The van der Waals surface area contributed by atoms with Crippen LogP contribution in [0.25, 0.3) is 0 Å². The normalized spacial score (nSPS) is 35.5. The molecule has 3 unspecified atom stereocenters. The SMILES string of the molecule is CCC1(C(=O)O)CCCN(C2CCCC(S(C)(=O)=O)C2)C1. The van der Waals surface area contributed by atoms with Crippen LogP contribution in [0.3, 0.4) is 0 Å². The van der Waals surface area contributed by atoms with Gasteiger partial charge in [0.15, 0.2) is 0 Å². The van der Waals surface area contributed by atoms with Gasteiger partial charge < -0.3 is 5.11 Å². The third-order valence-corrected chi connectivity index (χ3v) is 7.10. The Morgan fingerprint density at radius 3 is 2.62 bits per heavy atom. The number of nitrogens with zero attached hydrogens (tertiary/aromatic N) is 1. The summed E-state index contributed by atoms with van der Waals surface area (Å²) in [5.74, 6) is -0.704. The number of carbonyl (C=O) groups is 1. The Kier molecular flexibility index (Phi) is 4.98. The number of carboxylic acid groups (broad SMARTS) is 1. The van der Waals surface area contributed by atoms with E-state index in [4.69, 9.17) is 0 Å². The molecule has 0 aromatic carbocycles. The molecule has 3 atom stereocenters. The van der Waals surface area contributed by atoms with Crippen molar-refractivity contribution >= 4 is 15.8 Å². The maximum Gasteiger partial charge on any atom is 0.310 e. The molecule has 1 saturated heterocycles. The van der Waals surface area contributed by atoms with E-state index in [1.165, 1.54) is 6.26 Å². The first-order valence-electron chi connectivity index (χ1n) is 7.95. The Labute approximate surface area is 127 Å². The Bertz CT molecular complexity index is 490. The second-order valence-corrected chi connectivity index (χ2v) is 9.11. The first-order valence-corrected chi connectivity index (χ1v) is 9.90. The van der Waals surface area contributed by atoms with Crippen molar-refractivity contribution in [3.8, 4) is 0 Å². The van der Waals surface area contributed by atoms with Crippen molar-refractivity contribution in [1.29, 1.82) is 0 Å². The van der Waals surface area contributed by atoms with E-state index in [0.29, 0.717) is 19.4 Å². The van der Waals surface area contributed by atoms with Gasteiger partial charge in [0, 0.05) is 18.8 Å². The molecule has 1 heterocycles. The van der Waals surface area contributed by atoms with Gasteiger partial charge in [-0.2, -0.15) is 0 Å². The zero-order chi connectivity index (χ0) is 15.7. The lowest BCUT2D eigenvalue weighted by Gasteiger charge is -2.45. The first kappa shape index (κ1) is 16.7. The predicted octanol–water partition coefficient (Wildman–Crippen LogP) is 1.92.